The van der Waals surface area contributed by atoms with E-state index in [1.807, 2.05) is 4.72 Å². The van der Waals surface area contributed by atoms with E-state index in [-0.39, 0.29) is 11.3 Å². The van der Waals surface area contributed by atoms with E-state index in [1.54, 1.807) is 30.3 Å². The van der Waals surface area contributed by atoms with Crippen molar-refractivity contribution in [2.75, 3.05) is 13.2 Å². The molecule has 2 aromatic rings. The zero-order valence-electron chi connectivity index (χ0n) is 15.6. The summed E-state index contributed by atoms with van der Waals surface area (Å²) in [6.07, 6.45) is -0.0349. The number of rotatable bonds is 9. The van der Waals surface area contributed by atoms with Gasteiger partial charge in [0, 0.05) is 4.47 Å². The third-order valence-corrected chi connectivity index (χ3v) is 5.74. The van der Waals surface area contributed by atoms with Crippen LogP contribution in [0.25, 0.3) is 0 Å². The Morgan fingerprint density at radius 2 is 1.63 bits per heavy atom. The van der Waals surface area contributed by atoms with Gasteiger partial charge < -0.3 is 9.84 Å². The lowest BCUT2D eigenvalue weighted by atomic mass is 10.1. The average molecular weight is 499 g/mol. The number of esters is 1. The molecule has 2 aromatic carbocycles. The van der Waals surface area contributed by atoms with Crippen LogP contribution in [0, 0.1) is 0 Å². The van der Waals surface area contributed by atoms with Gasteiger partial charge in [0.15, 0.2) is 6.61 Å². The Morgan fingerprint density at radius 3 is 2.23 bits per heavy atom. The Labute approximate surface area is 181 Å². The standard InChI is InChI=1S/C19H19BrN2O7S/c20-14-6-8-15(9-7-14)30(27,28)22-16(11-23)19(26)29-12-18(25)21-17(24)10-13-4-2-1-3-5-13/h1-9,16,22-23H,10-12H2,(H,21,24,25). The molecule has 0 aromatic heterocycles. The molecule has 1 atom stereocenters. The number of nitrogens with one attached hydrogen (secondary N) is 2. The normalized spacial score (nSPS) is 12.1. The third-order valence-electron chi connectivity index (χ3n) is 3.72. The maximum absolute atomic E-state index is 12.3. The number of sulfonamides is 1. The van der Waals surface area contributed by atoms with Crippen LogP contribution in [0.3, 0.4) is 0 Å². The van der Waals surface area contributed by atoms with Gasteiger partial charge in [-0.15, -0.1) is 0 Å². The molecule has 1 unspecified atom stereocenters. The Morgan fingerprint density at radius 1 is 1.00 bits per heavy atom. The molecule has 0 heterocycles. The molecule has 0 fully saturated rings. The lowest BCUT2D eigenvalue weighted by molar-refractivity contribution is -0.151. The summed E-state index contributed by atoms with van der Waals surface area (Å²) >= 11 is 3.18. The second-order valence-corrected chi connectivity index (χ2v) is 8.68. The number of hydrogen-bond donors (Lipinski definition) is 3. The van der Waals surface area contributed by atoms with Gasteiger partial charge in [-0.3, -0.25) is 19.7 Å². The summed E-state index contributed by atoms with van der Waals surface area (Å²) in [5.41, 5.74) is 0.697. The van der Waals surface area contributed by atoms with Gasteiger partial charge in [-0.05, 0) is 29.8 Å². The monoisotopic (exact) mass is 498 g/mol. The molecule has 0 aliphatic rings. The minimum absolute atomic E-state index is 0.0349. The molecule has 0 aliphatic heterocycles. The summed E-state index contributed by atoms with van der Waals surface area (Å²) in [6, 6.07) is 12.7. The van der Waals surface area contributed by atoms with Crippen LogP contribution < -0.4 is 10.0 Å². The first kappa shape index (κ1) is 23.7. The van der Waals surface area contributed by atoms with Gasteiger partial charge in [0.25, 0.3) is 5.91 Å². The van der Waals surface area contributed by atoms with Gasteiger partial charge in [-0.1, -0.05) is 46.3 Å². The molecule has 2 rings (SSSR count). The number of benzene rings is 2. The molecule has 0 aliphatic carbocycles. The smallest absolute Gasteiger partial charge is 0.327 e. The number of carbonyl (C=O) groups excluding carboxylic acids is 3. The third kappa shape index (κ3) is 7.34. The Balaban J connectivity index is 1.86. The summed E-state index contributed by atoms with van der Waals surface area (Å²) < 4.78 is 32.0. The van der Waals surface area contributed by atoms with Crippen molar-refractivity contribution in [1.82, 2.24) is 10.0 Å². The number of amides is 2. The van der Waals surface area contributed by atoms with Crippen molar-refractivity contribution in [3.63, 3.8) is 0 Å². The maximum atomic E-state index is 12.3. The predicted molar refractivity (Wildman–Crippen MR) is 110 cm³/mol. The first-order chi connectivity index (χ1) is 14.2. The number of halogens is 1. The minimum atomic E-state index is -4.11. The van der Waals surface area contributed by atoms with Gasteiger partial charge >= 0.3 is 5.97 Å². The molecular formula is C19H19BrN2O7S. The summed E-state index contributed by atoms with van der Waals surface area (Å²) in [5.74, 6) is -2.63. The molecule has 0 radical (unpaired) electrons. The molecule has 9 nitrogen and oxygen atoms in total. The lowest BCUT2D eigenvalue weighted by Crippen LogP contribution is -2.45. The minimum Gasteiger partial charge on any atom is -0.454 e. The highest BCUT2D eigenvalue weighted by Crippen LogP contribution is 2.15. The quantitative estimate of drug-likeness (QED) is 0.428. The largest absolute Gasteiger partial charge is 0.454 e. The van der Waals surface area contributed by atoms with Crippen LogP contribution in [0.2, 0.25) is 0 Å². The second-order valence-electron chi connectivity index (χ2n) is 6.05. The van der Waals surface area contributed by atoms with Crippen molar-refractivity contribution >= 4 is 43.7 Å². The van der Waals surface area contributed by atoms with Crippen molar-refractivity contribution in [3.05, 3.63) is 64.6 Å². The lowest BCUT2D eigenvalue weighted by Gasteiger charge is -2.15. The molecule has 11 heteroatoms. The molecule has 0 spiro atoms. The van der Waals surface area contributed by atoms with Crippen LogP contribution in [0.4, 0.5) is 0 Å². The molecule has 3 N–H and O–H groups in total. The van der Waals surface area contributed by atoms with Crippen molar-refractivity contribution in [2.45, 2.75) is 17.4 Å². The van der Waals surface area contributed by atoms with Crippen molar-refractivity contribution in [1.29, 1.82) is 0 Å². The fourth-order valence-electron chi connectivity index (χ4n) is 2.28. The van der Waals surface area contributed by atoms with E-state index in [1.165, 1.54) is 24.3 Å². The number of imide groups is 1. The summed E-state index contributed by atoms with van der Waals surface area (Å²) in [5, 5.41) is 11.4. The molecule has 0 saturated carbocycles. The number of carbonyl (C=O) groups is 3. The first-order valence-corrected chi connectivity index (χ1v) is 10.9. The van der Waals surface area contributed by atoms with Crippen molar-refractivity contribution in [2.24, 2.45) is 0 Å². The van der Waals surface area contributed by atoms with Crippen molar-refractivity contribution < 1.29 is 32.6 Å². The number of aliphatic hydroxyl groups is 1. The fourth-order valence-corrected chi connectivity index (χ4v) is 3.72. The molecule has 2 amide bonds. The topological polar surface area (TPSA) is 139 Å². The van der Waals surface area contributed by atoms with Crippen LogP contribution in [0.1, 0.15) is 5.56 Å². The average Bonchev–Trinajstić information content (AvgIpc) is 2.71. The van der Waals surface area contributed by atoms with Crippen LogP contribution in [0.15, 0.2) is 64.0 Å². The summed E-state index contributed by atoms with van der Waals surface area (Å²) in [4.78, 5) is 35.5. The summed E-state index contributed by atoms with van der Waals surface area (Å²) in [7, 11) is -4.11. The van der Waals surface area contributed by atoms with Crippen molar-refractivity contribution in [3.8, 4) is 0 Å². The van der Waals surface area contributed by atoms with E-state index in [4.69, 9.17) is 4.74 Å². The van der Waals surface area contributed by atoms with Crippen LogP contribution in [0.5, 0.6) is 0 Å². The second kappa shape index (κ2) is 11.0. The highest BCUT2D eigenvalue weighted by Gasteiger charge is 2.27. The van der Waals surface area contributed by atoms with Gasteiger partial charge in [0.05, 0.1) is 17.9 Å². The highest BCUT2D eigenvalue weighted by molar-refractivity contribution is 9.10. The number of ether oxygens (including phenoxy) is 1. The van der Waals surface area contributed by atoms with Crippen LogP contribution >= 0.6 is 15.9 Å². The number of hydrogen-bond acceptors (Lipinski definition) is 7. The SMILES string of the molecule is O=C(COC(=O)C(CO)NS(=O)(=O)c1ccc(Br)cc1)NC(=O)Cc1ccccc1. The zero-order valence-corrected chi connectivity index (χ0v) is 18.0. The fraction of sp³-hybridized carbons (Fsp3) is 0.211. The van der Waals surface area contributed by atoms with Gasteiger partial charge in [-0.25, -0.2) is 8.42 Å². The molecule has 160 valence electrons. The highest BCUT2D eigenvalue weighted by atomic mass is 79.9. The van der Waals surface area contributed by atoms with Crippen LogP contribution in [-0.4, -0.2) is 50.6 Å². The Kier molecular flexibility index (Phi) is 8.66. The number of aliphatic hydroxyl groups excluding tert-OH is 1. The van der Waals surface area contributed by atoms with E-state index >= 15 is 0 Å². The van der Waals surface area contributed by atoms with Gasteiger partial charge in [0.2, 0.25) is 15.9 Å². The first-order valence-electron chi connectivity index (χ1n) is 8.63. The van der Waals surface area contributed by atoms with E-state index < -0.39 is 47.1 Å². The van der Waals surface area contributed by atoms with E-state index in [9.17, 15) is 27.9 Å². The molecule has 0 saturated heterocycles. The van der Waals surface area contributed by atoms with Gasteiger partial charge in [-0.2, -0.15) is 4.72 Å². The molecule has 0 bridgehead atoms. The Hall–Kier alpha value is -2.60. The molecule has 30 heavy (non-hydrogen) atoms. The molecular weight excluding hydrogens is 480 g/mol. The Bertz CT molecular complexity index is 995. The predicted octanol–water partition coefficient (Wildman–Crippen LogP) is 0.517. The summed E-state index contributed by atoms with van der Waals surface area (Å²) in [6.45, 7) is -1.70. The van der Waals surface area contributed by atoms with E-state index in [0.717, 1.165) is 0 Å². The van der Waals surface area contributed by atoms with Crippen LogP contribution in [-0.2, 0) is 35.6 Å². The zero-order chi connectivity index (χ0) is 22.1. The van der Waals surface area contributed by atoms with E-state index in [0.29, 0.717) is 10.0 Å². The van der Waals surface area contributed by atoms with Gasteiger partial charge in [0.1, 0.15) is 6.04 Å². The maximum Gasteiger partial charge on any atom is 0.327 e. The van der Waals surface area contributed by atoms with E-state index in [2.05, 4.69) is 21.2 Å².